The van der Waals surface area contributed by atoms with Crippen LogP contribution in [0.4, 0.5) is 0 Å². The van der Waals surface area contributed by atoms with E-state index in [2.05, 4.69) is 0 Å². The molecule has 3 atom stereocenters. The molecule has 2 rings (SSSR count). The predicted molar refractivity (Wildman–Crippen MR) is 29.0 cm³/mol. The number of aliphatic carboxylic acids is 1. The van der Waals surface area contributed by atoms with Gasteiger partial charge in [0.2, 0.25) is 0 Å². The molecule has 1 saturated heterocycles. The lowest BCUT2D eigenvalue weighted by Crippen LogP contribution is -2.07. The van der Waals surface area contributed by atoms with Crippen molar-refractivity contribution in [2.45, 2.75) is 12.5 Å². The molecule has 3 heteroatoms. The van der Waals surface area contributed by atoms with Crippen LogP contribution in [-0.2, 0) is 9.53 Å². The number of ether oxygens (including phenoxy) is 1. The van der Waals surface area contributed by atoms with Gasteiger partial charge in [-0.2, -0.15) is 0 Å². The van der Waals surface area contributed by atoms with Crippen LogP contribution in [0.2, 0.25) is 0 Å². The number of carbonyl (C=O) groups is 1. The van der Waals surface area contributed by atoms with Crippen molar-refractivity contribution in [3.05, 3.63) is 0 Å². The van der Waals surface area contributed by atoms with Crippen molar-refractivity contribution in [3.8, 4) is 0 Å². The fourth-order valence-electron chi connectivity index (χ4n) is 1.58. The van der Waals surface area contributed by atoms with E-state index in [1.807, 2.05) is 0 Å². The smallest absolute Gasteiger partial charge is 0.309 e. The summed E-state index contributed by atoms with van der Waals surface area (Å²) in [6, 6.07) is 0. The molecule has 0 aromatic carbocycles. The highest BCUT2D eigenvalue weighted by Gasteiger charge is 2.58. The molecule has 2 fully saturated rings. The Morgan fingerprint density at radius 1 is 1.67 bits per heavy atom. The molecule has 0 amide bonds. The second-order valence-corrected chi connectivity index (χ2v) is 2.65. The van der Waals surface area contributed by atoms with Gasteiger partial charge in [0, 0.05) is 12.5 Å². The highest BCUT2D eigenvalue weighted by molar-refractivity contribution is 5.75. The molecular weight excluding hydrogens is 120 g/mol. The Balaban J connectivity index is 2.02. The third kappa shape index (κ3) is 0.580. The highest BCUT2D eigenvalue weighted by atomic mass is 16.5. The Morgan fingerprint density at radius 3 is 2.78 bits per heavy atom. The summed E-state index contributed by atoms with van der Waals surface area (Å²) in [4.78, 5) is 10.3. The van der Waals surface area contributed by atoms with Crippen molar-refractivity contribution in [2.75, 3.05) is 6.61 Å². The molecule has 9 heavy (non-hydrogen) atoms. The van der Waals surface area contributed by atoms with Gasteiger partial charge in [0.1, 0.15) is 0 Å². The minimum Gasteiger partial charge on any atom is -0.481 e. The van der Waals surface area contributed by atoms with E-state index < -0.39 is 5.97 Å². The number of hydrogen-bond acceptors (Lipinski definition) is 2. The molecule has 1 heterocycles. The normalized spacial score (nSPS) is 46.4. The Labute approximate surface area is 52.6 Å². The molecule has 1 saturated carbocycles. The van der Waals surface area contributed by atoms with Gasteiger partial charge in [-0.3, -0.25) is 4.79 Å². The zero-order valence-corrected chi connectivity index (χ0v) is 4.91. The fourth-order valence-corrected chi connectivity index (χ4v) is 1.58. The lowest BCUT2D eigenvalue weighted by Gasteiger charge is -1.95. The van der Waals surface area contributed by atoms with Crippen LogP contribution in [0.3, 0.4) is 0 Å². The van der Waals surface area contributed by atoms with E-state index in [4.69, 9.17) is 9.84 Å². The average molecular weight is 128 g/mol. The second-order valence-electron chi connectivity index (χ2n) is 2.65. The standard InChI is InChI=1S/C6H8O3/c7-6(8)4-3-1-2-9-5(3)4/h3-5H,1-2H2,(H,7,8)/t3-,4+,5+/m0/s1. The molecule has 1 N–H and O–H groups in total. The van der Waals surface area contributed by atoms with Crippen molar-refractivity contribution >= 4 is 5.97 Å². The summed E-state index contributed by atoms with van der Waals surface area (Å²) in [5.41, 5.74) is 0. The first-order valence-corrected chi connectivity index (χ1v) is 3.15. The number of carboxylic acids is 1. The maximum absolute atomic E-state index is 10.3. The summed E-state index contributed by atoms with van der Waals surface area (Å²) in [6.07, 6.45) is 1.02. The van der Waals surface area contributed by atoms with Crippen LogP contribution in [0.5, 0.6) is 0 Å². The lowest BCUT2D eigenvalue weighted by molar-refractivity contribution is -0.140. The van der Waals surface area contributed by atoms with Gasteiger partial charge < -0.3 is 9.84 Å². The van der Waals surface area contributed by atoms with Crippen LogP contribution in [0.25, 0.3) is 0 Å². The van der Waals surface area contributed by atoms with Crippen LogP contribution in [-0.4, -0.2) is 23.8 Å². The van der Waals surface area contributed by atoms with E-state index in [-0.39, 0.29) is 12.0 Å². The van der Waals surface area contributed by atoms with E-state index >= 15 is 0 Å². The van der Waals surface area contributed by atoms with Crippen molar-refractivity contribution in [1.29, 1.82) is 0 Å². The topological polar surface area (TPSA) is 46.5 Å². The van der Waals surface area contributed by atoms with Gasteiger partial charge in [-0.05, 0) is 6.42 Å². The molecule has 0 radical (unpaired) electrons. The summed E-state index contributed by atoms with van der Waals surface area (Å²) in [5.74, 6) is -0.508. The number of hydrogen-bond donors (Lipinski definition) is 1. The molecule has 0 bridgehead atoms. The van der Waals surface area contributed by atoms with Crippen LogP contribution in [0, 0.1) is 11.8 Å². The van der Waals surface area contributed by atoms with E-state index in [1.165, 1.54) is 0 Å². The molecule has 3 nitrogen and oxygen atoms in total. The molecule has 1 aliphatic heterocycles. The monoisotopic (exact) mass is 128 g/mol. The van der Waals surface area contributed by atoms with Crippen LogP contribution in [0.1, 0.15) is 6.42 Å². The average Bonchev–Trinajstić information content (AvgIpc) is 2.30. The van der Waals surface area contributed by atoms with Crippen molar-refractivity contribution in [2.24, 2.45) is 11.8 Å². The fraction of sp³-hybridized carbons (Fsp3) is 0.833. The Hall–Kier alpha value is -0.570. The number of fused-ring (bicyclic) bond motifs is 1. The van der Waals surface area contributed by atoms with E-state index in [0.29, 0.717) is 5.92 Å². The lowest BCUT2D eigenvalue weighted by atomic mass is 10.2. The first kappa shape index (κ1) is 5.23. The molecular formula is C6H8O3. The third-order valence-electron chi connectivity index (χ3n) is 2.14. The van der Waals surface area contributed by atoms with Crippen molar-refractivity contribution in [1.82, 2.24) is 0 Å². The van der Waals surface area contributed by atoms with E-state index in [0.717, 1.165) is 13.0 Å². The first-order chi connectivity index (χ1) is 4.30. The molecule has 0 aromatic rings. The molecule has 0 unspecified atom stereocenters. The number of carboxylic acid groups (broad SMARTS) is 1. The summed E-state index contributed by atoms with van der Waals surface area (Å²) >= 11 is 0. The van der Waals surface area contributed by atoms with Gasteiger partial charge in [0.15, 0.2) is 0 Å². The quantitative estimate of drug-likeness (QED) is 0.545. The zero-order chi connectivity index (χ0) is 6.43. The maximum atomic E-state index is 10.3. The van der Waals surface area contributed by atoms with Crippen LogP contribution in [0.15, 0.2) is 0 Å². The van der Waals surface area contributed by atoms with Gasteiger partial charge in [0.25, 0.3) is 0 Å². The van der Waals surface area contributed by atoms with Gasteiger partial charge in [-0.1, -0.05) is 0 Å². The highest BCUT2D eigenvalue weighted by Crippen LogP contribution is 2.48. The van der Waals surface area contributed by atoms with Gasteiger partial charge in [-0.25, -0.2) is 0 Å². The van der Waals surface area contributed by atoms with Gasteiger partial charge >= 0.3 is 5.97 Å². The molecule has 0 aromatic heterocycles. The SMILES string of the molecule is O=C(O)[C@@H]1[C@@H]2CCO[C@H]21. The summed E-state index contributed by atoms with van der Waals surface area (Å²) in [7, 11) is 0. The van der Waals surface area contributed by atoms with Crippen molar-refractivity contribution in [3.63, 3.8) is 0 Å². The molecule has 0 spiro atoms. The third-order valence-corrected chi connectivity index (χ3v) is 2.14. The van der Waals surface area contributed by atoms with Gasteiger partial charge in [0.05, 0.1) is 12.0 Å². The minimum absolute atomic E-state index is 0.0718. The Bertz CT molecular complexity index is 144. The molecule has 2 aliphatic rings. The number of rotatable bonds is 1. The molecule has 1 aliphatic carbocycles. The Morgan fingerprint density at radius 2 is 2.44 bits per heavy atom. The summed E-state index contributed by atoms with van der Waals surface area (Å²) in [5, 5.41) is 8.48. The summed E-state index contributed by atoms with van der Waals surface area (Å²) in [6.45, 7) is 0.763. The minimum atomic E-state index is -0.690. The first-order valence-electron chi connectivity index (χ1n) is 3.15. The molecule has 50 valence electrons. The van der Waals surface area contributed by atoms with Gasteiger partial charge in [-0.15, -0.1) is 0 Å². The van der Waals surface area contributed by atoms with Crippen LogP contribution >= 0.6 is 0 Å². The van der Waals surface area contributed by atoms with E-state index in [1.54, 1.807) is 0 Å². The predicted octanol–water partition coefficient (Wildman–Crippen LogP) is 0.106. The van der Waals surface area contributed by atoms with Crippen LogP contribution < -0.4 is 0 Å². The van der Waals surface area contributed by atoms with E-state index in [9.17, 15) is 4.79 Å². The maximum Gasteiger partial charge on any atom is 0.309 e. The van der Waals surface area contributed by atoms with Crippen molar-refractivity contribution < 1.29 is 14.6 Å². The largest absolute Gasteiger partial charge is 0.481 e. The Kier molecular flexibility index (Phi) is 0.858. The second kappa shape index (κ2) is 1.48. The zero-order valence-electron chi connectivity index (χ0n) is 4.91. The summed E-state index contributed by atoms with van der Waals surface area (Å²) < 4.78 is 5.12.